The zero-order valence-electron chi connectivity index (χ0n) is 18.5. The van der Waals surface area contributed by atoms with Crippen molar-refractivity contribution in [3.63, 3.8) is 0 Å². The number of amidine groups is 1. The Balaban J connectivity index is 1.61. The number of para-hydroxylation sites is 1. The fourth-order valence-corrected chi connectivity index (χ4v) is 5.03. The van der Waals surface area contributed by atoms with Crippen molar-refractivity contribution in [3.05, 3.63) is 93.5 Å². The summed E-state index contributed by atoms with van der Waals surface area (Å²) >= 11 is 7.95. The zero-order chi connectivity index (χ0) is 23.7. The number of methoxy groups -OCH3 is 2. The molecule has 34 heavy (non-hydrogen) atoms. The Morgan fingerprint density at radius 3 is 2.59 bits per heavy atom. The molecular weight excluding hydrogens is 472 g/mol. The lowest BCUT2D eigenvalue weighted by Gasteiger charge is -2.34. The predicted molar refractivity (Wildman–Crippen MR) is 133 cm³/mol. The standard InChI is InChI=1S/C25H21ClN4O3S/c1-32-20-13-16(12-18(26)22(20)33-2)23-27-19-11-7-6-10-17(19)21-24(31)28-25(29-30(21)23)34-14-15-8-4-3-5-9-15/h3-13,23H,14H2,1-2H3,(H,28,29,31). The summed E-state index contributed by atoms with van der Waals surface area (Å²) in [6, 6.07) is 21.1. The number of halogens is 1. The van der Waals surface area contributed by atoms with Crippen LogP contribution in [-0.2, 0) is 10.5 Å². The van der Waals surface area contributed by atoms with Gasteiger partial charge in [0.1, 0.15) is 5.70 Å². The number of amides is 1. The number of hydrazone groups is 1. The van der Waals surface area contributed by atoms with E-state index in [-0.39, 0.29) is 5.91 Å². The minimum absolute atomic E-state index is 0.232. The molecule has 0 radical (unpaired) electrons. The molecule has 2 heterocycles. The molecule has 1 amide bonds. The fraction of sp³-hybridized carbons (Fsp3) is 0.160. The lowest BCUT2D eigenvalue weighted by molar-refractivity contribution is -0.116. The number of hydrogen-bond acceptors (Lipinski definition) is 7. The van der Waals surface area contributed by atoms with E-state index in [2.05, 4.69) is 5.32 Å². The molecule has 0 aromatic heterocycles. The molecule has 172 valence electrons. The van der Waals surface area contributed by atoms with Crippen molar-refractivity contribution in [1.29, 1.82) is 0 Å². The van der Waals surface area contributed by atoms with Gasteiger partial charge in [-0.3, -0.25) is 15.1 Å². The van der Waals surface area contributed by atoms with E-state index in [1.54, 1.807) is 18.2 Å². The smallest absolute Gasteiger partial charge is 0.276 e. The molecule has 2 aliphatic heterocycles. The van der Waals surface area contributed by atoms with Gasteiger partial charge in [-0.1, -0.05) is 71.9 Å². The Morgan fingerprint density at radius 2 is 1.82 bits per heavy atom. The fourth-order valence-electron chi connectivity index (χ4n) is 3.92. The zero-order valence-corrected chi connectivity index (χ0v) is 20.1. The van der Waals surface area contributed by atoms with Crippen LogP contribution in [0.25, 0.3) is 5.70 Å². The number of nitrogens with one attached hydrogen (secondary N) is 1. The van der Waals surface area contributed by atoms with E-state index in [0.29, 0.717) is 38.5 Å². The van der Waals surface area contributed by atoms with Crippen molar-refractivity contribution in [3.8, 4) is 11.5 Å². The van der Waals surface area contributed by atoms with E-state index in [9.17, 15) is 4.79 Å². The number of carbonyl (C=O) groups excluding carboxylic acids is 1. The highest BCUT2D eigenvalue weighted by atomic mass is 35.5. The molecule has 3 aromatic rings. The van der Waals surface area contributed by atoms with Crippen LogP contribution >= 0.6 is 23.4 Å². The molecule has 5 rings (SSSR count). The lowest BCUT2D eigenvalue weighted by atomic mass is 10.1. The molecule has 3 aromatic carbocycles. The number of rotatable bonds is 5. The van der Waals surface area contributed by atoms with Crippen molar-refractivity contribution >= 4 is 40.1 Å². The molecule has 0 saturated carbocycles. The van der Waals surface area contributed by atoms with Gasteiger partial charge in [-0.05, 0) is 23.8 Å². The van der Waals surface area contributed by atoms with E-state index in [4.69, 9.17) is 31.2 Å². The Kier molecular flexibility index (Phi) is 6.17. The van der Waals surface area contributed by atoms with Crippen LogP contribution in [0.5, 0.6) is 11.5 Å². The molecule has 2 aliphatic rings. The average molecular weight is 493 g/mol. The summed E-state index contributed by atoms with van der Waals surface area (Å²) in [5.41, 5.74) is 2.29. The number of carbonyl (C=O) groups is 1. The van der Waals surface area contributed by atoms with Crippen molar-refractivity contribution in [1.82, 2.24) is 10.3 Å². The monoisotopic (exact) mass is 492 g/mol. The minimum atomic E-state index is -0.611. The van der Waals surface area contributed by atoms with Crippen LogP contribution < -0.4 is 25.4 Å². The van der Waals surface area contributed by atoms with Gasteiger partial charge in [0, 0.05) is 16.5 Å². The van der Waals surface area contributed by atoms with E-state index >= 15 is 0 Å². The van der Waals surface area contributed by atoms with Crippen LogP contribution in [-0.4, -0.2) is 30.3 Å². The summed E-state index contributed by atoms with van der Waals surface area (Å²) in [6.07, 6.45) is -0.611. The van der Waals surface area contributed by atoms with Crippen molar-refractivity contribution in [2.45, 2.75) is 11.9 Å². The van der Waals surface area contributed by atoms with Gasteiger partial charge in [0.15, 0.2) is 22.8 Å². The number of nitrogens with zero attached hydrogens (tertiary/aromatic N) is 3. The van der Waals surface area contributed by atoms with Gasteiger partial charge in [0.05, 0.1) is 24.6 Å². The SMILES string of the molecule is COc1cc(C2N=c3ccccc3=C3C(=O)NC(SCc4ccccc4)=NN32)cc(Cl)c1OC. The Morgan fingerprint density at radius 1 is 1.06 bits per heavy atom. The van der Waals surface area contributed by atoms with Crippen LogP contribution in [0, 0.1) is 0 Å². The second-order valence-electron chi connectivity index (χ2n) is 7.58. The van der Waals surface area contributed by atoms with Gasteiger partial charge in [-0.15, -0.1) is 5.10 Å². The molecule has 0 bridgehead atoms. The molecule has 0 aliphatic carbocycles. The van der Waals surface area contributed by atoms with Gasteiger partial charge in [-0.25, -0.2) is 5.01 Å². The molecule has 0 spiro atoms. The number of fused-ring (bicyclic) bond motifs is 2. The summed E-state index contributed by atoms with van der Waals surface area (Å²) in [5, 5.41) is 11.7. The summed E-state index contributed by atoms with van der Waals surface area (Å²) in [4.78, 5) is 18.2. The van der Waals surface area contributed by atoms with Crippen LogP contribution in [0.2, 0.25) is 5.02 Å². The van der Waals surface area contributed by atoms with E-state index < -0.39 is 6.17 Å². The highest BCUT2D eigenvalue weighted by molar-refractivity contribution is 8.13. The van der Waals surface area contributed by atoms with Crippen molar-refractivity contribution < 1.29 is 14.3 Å². The Bertz CT molecular complexity index is 1410. The second-order valence-corrected chi connectivity index (χ2v) is 8.96. The normalized spacial score (nSPS) is 16.6. The molecule has 9 heteroatoms. The molecule has 0 saturated heterocycles. The van der Waals surface area contributed by atoms with Crippen LogP contribution in [0.15, 0.2) is 76.8 Å². The molecular formula is C25H21ClN4O3S. The number of hydrogen-bond donors (Lipinski definition) is 1. The van der Waals surface area contributed by atoms with E-state index in [1.165, 1.54) is 18.9 Å². The van der Waals surface area contributed by atoms with Gasteiger partial charge in [0.25, 0.3) is 5.91 Å². The van der Waals surface area contributed by atoms with Gasteiger partial charge < -0.3 is 9.47 Å². The lowest BCUT2D eigenvalue weighted by Crippen LogP contribution is -2.50. The maximum absolute atomic E-state index is 13.3. The minimum Gasteiger partial charge on any atom is -0.493 e. The summed E-state index contributed by atoms with van der Waals surface area (Å²) in [7, 11) is 3.08. The number of benzene rings is 3. The first-order chi connectivity index (χ1) is 16.6. The summed E-state index contributed by atoms with van der Waals surface area (Å²) in [5.74, 6) is 1.35. The highest BCUT2D eigenvalue weighted by Crippen LogP contribution is 2.40. The largest absolute Gasteiger partial charge is 0.493 e. The van der Waals surface area contributed by atoms with E-state index in [0.717, 1.165) is 16.3 Å². The first-order valence-electron chi connectivity index (χ1n) is 10.5. The second kappa shape index (κ2) is 9.40. The number of ether oxygens (including phenoxy) is 2. The molecule has 1 atom stereocenters. The Hall–Kier alpha value is -3.49. The van der Waals surface area contributed by atoms with Gasteiger partial charge >= 0.3 is 0 Å². The number of thioether (sulfide) groups is 1. The van der Waals surface area contributed by atoms with Gasteiger partial charge in [-0.2, -0.15) is 0 Å². The predicted octanol–water partition coefficient (Wildman–Crippen LogP) is 3.43. The quantitative estimate of drug-likeness (QED) is 0.590. The third kappa shape index (κ3) is 4.10. The average Bonchev–Trinajstić information content (AvgIpc) is 2.86. The van der Waals surface area contributed by atoms with Crippen LogP contribution in [0.4, 0.5) is 0 Å². The highest BCUT2D eigenvalue weighted by Gasteiger charge is 2.35. The molecule has 7 nitrogen and oxygen atoms in total. The maximum Gasteiger partial charge on any atom is 0.276 e. The first kappa shape index (κ1) is 22.3. The first-order valence-corrected chi connectivity index (χ1v) is 11.9. The van der Waals surface area contributed by atoms with Gasteiger partial charge in [0.2, 0.25) is 0 Å². The Labute approximate surface area is 205 Å². The van der Waals surface area contributed by atoms with Crippen molar-refractivity contribution in [2.24, 2.45) is 10.1 Å². The topological polar surface area (TPSA) is 75.5 Å². The van der Waals surface area contributed by atoms with Crippen LogP contribution in [0.3, 0.4) is 0 Å². The van der Waals surface area contributed by atoms with E-state index in [1.807, 2.05) is 60.7 Å². The van der Waals surface area contributed by atoms with Crippen molar-refractivity contribution in [2.75, 3.05) is 14.2 Å². The molecule has 1 unspecified atom stereocenters. The summed E-state index contributed by atoms with van der Waals surface area (Å²) in [6.45, 7) is 0. The summed E-state index contributed by atoms with van der Waals surface area (Å²) < 4.78 is 10.9. The molecule has 0 fully saturated rings. The third-order valence-corrected chi connectivity index (χ3v) is 6.70. The maximum atomic E-state index is 13.3. The van der Waals surface area contributed by atoms with Crippen LogP contribution in [0.1, 0.15) is 17.3 Å². The third-order valence-electron chi connectivity index (χ3n) is 5.49. The molecule has 1 N–H and O–H groups in total.